The van der Waals surface area contributed by atoms with Gasteiger partial charge in [-0.3, -0.25) is 9.59 Å². The number of hydrogen-bond acceptors (Lipinski definition) is 3. The molecule has 0 aliphatic heterocycles. The quantitative estimate of drug-likeness (QED) is 0.792. The highest BCUT2D eigenvalue weighted by Gasteiger charge is 2.33. The first-order chi connectivity index (χ1) is 11.7. The summed E-state index contributed by atoms with van der Waals surface area (Å²) >= 11 is 5.48. The van der Waals surface area contributed by atoms with Gasteiger partial charge in [0.05, 0.1) is 22.2 Å². The smallest absolute Gasteiger partial charge is 0.318 e. The summed E-state index contributed by atoms with van der Waals surface area (Å²) in [5.74, 6) is -2.27. The molecule has 2 N–H and O–H groups in total. The molecule has 0 bridgehead atoms. The normalized spacial score (nSPS) is 10.7. The minimum atomic E-state index is -4.70. The van der Waals surface area contributed by atoms with Crippen LogP contribution < -0.4 is 10.6 Å². The summed E-state index contributed by atoms with van der Waals surface area (Å²) in [4.78, 5) is 23.6. The summed E-state index contributed by atoms with van der Waals surface area (Å²) in [5, 5.41) is 12.5. The summed E-state index contributed by atoms with van der Waals surface area (Å²) in [6, 6.07) is 10.4. The number of amides is 2. The Morgan fingerprint density at radius 3 is 2.16 bits per heavy atom. The maximum Gasteiger partial charge on any atom is 0.417 e. The lowest BCUT2D eigenvalue weighted by molar-refractivity contribution is -0.137. The lowest BCUT2D eigenvalue weighted by atomic mass is 10.2. The lowest BCUT2D eigenvalue weighted by Crippen LogP contribution is -2.29. The van der Waals surface area contributed by atoms with Crippen LogP contribution >= 0.6 is 11.6 Å². The average molecular weight is 368 g/mol. The second-order valence-electron chi connectivity index (χ2n) is 4.79. The topological polar surface area (TPSA) is 82.0 Å². The van der Waals surface area contributed by atoms with Crippen LogP contribution in [0.1, 0.15) is 11.1 Å². The molecule has 0 saturated carbocycles. The van der Waals surface area contributed by atoms with Gasteiger partial charge in [-0.25, -0.2) is 0 Å². The van der Waals surface area contributed by atoms with E-state index < -0.39 is 28.6 Å². The number of nitriles is 1. The first-order valence-electron chi connectivity index (χ1n) is 6.70. The third kappa shape index (κ3) is 4.71. The van der Waals surface area contributed by atoms with Crippen LogP contribution in [0.2, 0.25) is 5.02 Å². The molecular formula is C16H9ClF3N3O2. The average Bonchev–Trinajstić information content (AvgIpc) is 2.55. The molecule has 0 atom stereocenters. The number of halogens is 4. The van der Waals surface area contributed by atoms with Gasteiger partial charge in [0.2, 0.25) is 0 Å². The van der Waals surface area contributed by atoms with E-state index >= 15 is 0 Å². The van der Waals surface area contributed by atoms with Gasteiger partial charge in [-0.15, -0.1) is 0 Å². The molecule has 0 unspecified atom stereocenters. The van der Waals surface area contributed by atoms with Gasteiger partial charge in [0.25, 0.3) is 0 Å². The molecule has 0 fully saturated rings. The fraction of sp³-hybridized carbons (Fsp3) is 0.0625. The molecular weight excluding hydrogens is 359 g/mol. The number of rotatable bonds is 2. The summed E-state index contributed by atoms with van der Waals surface area (Å²) < 4.78 is 38.3. The minimum absolute atomic E-state index is 0.200. The molecule has 5 nitrogen and oxygen atoms in total. The van der Waals surface area contributed by atoms with E-state index in [1.54, 1.807) is 0 Å². The van der Waals surface area contributed by atoms with Crippen LogP contribution in [0, 0.1) is 11.3 Å². The number of anilines is 2. The summed E-state index contributed by atoms with van der Waals surface area (Å²) in [6.07, 6.45) is -4.70. The van der Waals surface area contributed by atoms with E-state index in [1.807, 2.05) is 6.07 Å². The zero-order chi connectivity index (χ0) is 18.6. The molecule has 9 heteroatoms. The van der Waals surface area contributed by atoms with Crippen LogP contribution in [0.3, 0.4) is 0 Å². The van der Waals surface area contributed by atoms with Crippen molar-refractivity contribution in [2.75, 3.05) is 10.6 Å². The van der Waals surface area contributed by atoms with Gasteiger partial charge in [-0.2, -0.15) is 18.4 Å². The van der Waals surface area contributed by atoms with E-state index in [9.17, 15) is 22.8 Å². The largest absolute Gasteiger partial charge is 0.417 e. The SMILES string of the molecule is N#Cc1cccc(NC(=O)C(=O)Nc2ccc(Cl)c(C(F)(F)F)c2)c1. The third-order valence-corrected chi connectivity index (χ3v) is 3.31. The molecule has 2 rings (SSSR count). The highest BCUT2D eigenvalue weighted by molar-refractivity contribution is 6.43. The van der Waals surface area contributed by atoms with E-state index in [4.69, 9.17) is 16.9 Å². The number of alkyl halides is 3. The highest BCUT2D eigenvalue weighted by Crippen LogP contribution is 2.36. The highest BCUT2D eigenvalue weighted by atomic mass is 35.5. The Labute approximate surface area is 145 Å². The maximum absolute atomic E-state index is 12.8. The second kappa shape index (κ2) is 7.23. The van der Waals surface area contributed by atoms with Crippen molar-refractivity contribution in [3.63, 3.8) is 0 Å². The summed E-state index contributed by atoms with van der Waals surface area (Å²) in [7, 11) is 0. The van der Waals surface area contributed by atoms with E-state index in [0.29, 0.717) is 6.07 Å². The number of nitrogens with zero attached hydrogens (tertiary/aromatic N) is 1. The molecule has 128 valence electrons. The van der Waals surface area contributed by atoms with Crippen molar-refractivity contribution in [2.24, 2.45) is 0 Å². The predicted molar refractivity (Wildman–Crippen MR) is 84.9 cm³/mol. The molecule has 0 spiro atoms. The molecule has 0 radical (unpaired) electrons. The molecule has 0 aliphatic carbocycles. The van der Waals surface area contributed by atoms with Gasteiger partial charge in [-0.05, 0) is 36.4 Å². The van der Waals surface area contributed by atoms with E-state index in [-0.39, 0.29) is 16.9 Å². The summed E-state index contributed by atoms with van der Waals surface area (Å²) in [6.45, 7) is 0. The van der Waals surface area contributed by atoms with E-state index in [2.05, 4.69) is 10.6 Å². The number of hydrogen-bond donors (Lipinski definition) is 2. The fourth-order valence-electron chi connectivity index (χ4n) is 1.86. The Morgan fingerprint density at radius 2 is 1.60 bits per heavy atom. The van der Waals surface area contributed by atoms with Crippen molar-refractivity contribution in [3.8, 4) is 6.07 Å². The van der Waals surface area contributed by atoms with Gasteiger partial charge < -0.3 is 10.6 Å². The van der Waals surface area contributed by atoms with Gasteiger partial charge in [0.15, 0.2) is 0 Å². The molecule has 0 heterocycles. The number of benzene rings is 2. The van der Waals surface area contributed by atoms with Gasteiger partial charge in [0.1, 0.15) is 0 Å². The molecule has 2 aromatic carbocycles. The van der Waals surface area contributed by atoms with Crippen molar-refractivity contribution in [2.45, 2.75) is 6.18 Å². The van der Waals surface area contributed by atoms with Crippen LogP contribution in [0.15, 0.2) is 42.5 Å². The second-order valence-corrected chi connectivity index (χ2v) is 5.20. The van der Waals surface area contributed by atoms with Crippen LogP contribution in [0.4, 0.5) is 24.5 Å². The maximum atomic E-state index is 12.8. The molecule has 2 amide bonds. The molecule has 25 heavy (non-hydrogen) atoms. The monoisotopic (exact) mass is 367 g/mol. The first kappa shape index (κ1) is 18.3. The lowest BCUT2D eigenvalue weighted by Gasteiger charge is -2.11. The number of nitrogens with one attached hydrogen (secondary N) is 2. The van der Waals surface area contributed by atoms with Crippen LogP contribution in [0.25, 0.3) is 0 Å². The molecule has 0 aromatic heterocycles. The van der Waals surface area contributed by atoms with Crippen molar-refractivity contribution < 1.29 is 22.8 Å². The zero-order valence-electron chi connectivity index (χ0n) is 12.3. The zero-order valence-corrected chi connectivity index (χ0v) is 13.1. The number of carbonyl (C=O) groups is 2. The standard InChI is InChI=1S/C16H9ClF3N3O2/c17-13-5-4-11(7-12(13)16(18,19)20)23-15(25)14(24)22-10-3-1-2-9(6-10)8-21/h1-7H,(H,22,24)(H,23,25). The van der Waals surface area contributed by atoms with Crippen molar-refractivity contribution in [1.29, 1.82) is 5.26 Å². The van der Waals surface area contributed by atoms with E-state index in [0.717, 1.165) is 12.1 Å². The van der Waals surface area contributed by atoms with Crippen LogP contribution in [0.5, 0.6) is 0 Å². The summed E-state index contributed by atoms with van der Waals surface area (Å²) in [5.41, 5.74) is -0.895. The molecule has 0 aliphatic rings. The fourth-order valence-corrected chi connectivity index (χ4v) is 2.09. The van der Waals surface area contributed by atoms with Crippen molar-refractivity contribution in [1.82, 2.24) is 0 Å². The van der Waals surface area contributed by atoms with E-state index in [1.165, 1.54) is 24.3 Å². The van der Waals surface area contributed by atoms with Crippen molar-refractivity contribution in [3.05, 3.63) is 58.6 Å². The van der Waals surface area contributed by atoms with Gasteiger partial charge in [-0.1, -0.05) is 17.7 Å². The molecule has 0 saturated heterocycles. The minimum Gasteiger partial charge on any atom is -0.318 e. The Balaban J connectivity index is 2.11. The predicted octanol–water partition coefficient (Wildman–Crippen LogP) is 3.81. The first-order valence-corrected chi connectivity index (χ1v) is 7.08. The number of carbonyl (C=O) groups excluding carboxylic acids is 2. The Morgan fingerprint density at radius 1 is 1.00 bits per heavy atom. The van der Waals surface area contributed by atoms with Gasteiger partial charge >= 0.3 is 18.0 Å². The van der Waals surface area contributed by atoms with Crippen LogP contribution in [-0.4, -0.2) is 11.8 Å². The Bertz CT molecular complexity index is 876. The molecule has 2 aromatic rings. The van der Waals surface area contributed by atoms with Crippen LogP contribution in [-0.2, 0) is 15.8 Å². The van der Waals surface area contributed by atoms with Crippen molar-refractivity contribution >= 4 is 34.8 Å². The van der Waals surface area contributed by atoms with Gasteiger partial charge in [0, 0.05) is 11.4 Å². The third-order valence-electron chi connectivity index (χ3n) is 2.99. The Hall–Kier alpha value is -3.05. The Kier molecular flexibility index (Phi) is 5.29.